The summed E-state index contributed by atoms with van der Waals surface area (Å²) >= 11 is 1.51. The number of aromatic nitrogens is 3. The lowest BCUT2D eigenvalue weighted by Gasteiger charge is -2.31. The predicted octanol–water partition coefficient (Wildman–Crippen LogP) is 2.27. The summed E-state index contributed by atoms with van der Waals surface area (Å²) in [5.41, 5.74) is 9.30. The van der Waals surface area contributed by atoms with Crippen LogP contribution in [0.5, 0.6) is 0 Å². The van der Waals surface area contributed by atoms with Crippen molar-refractivity contribution in [1.29, 1.82) is 0 Å². The van der Waals surface area contributed by atoms with E-state index >= 15 is 0 Å². The number of halogens is 1. The summed E-state index contributed by atoms with van der Waals surface area (Å²) in [4.78, 5) is 27.4. The summed E-state index contributed by atoms with van der Waals surface area (Å²) in [7, 11) is 1.79. The molecule has 1 amide bonds. The molecule has 0 fully saturated rings. The maximum absolute atomic E-state index is 13.0. The van der Waals surface area contributed by atoms with Gasteiger partial charge in [0.25, 0.3) is 0 Å². The average molecular weight is 428 g/mol. The smallest absolute Gasteiger partial charge is 0.327 e. The number of anilines is 1. The monoisotopic (exact) mass is 427 g/mol. The van der Waals surface area contributed by atoms with Gasteiger partial charge in [0, 0.05) is 19.3 Å². The highest BCUT2D eigenvalue weighted by Crippen LogP contribution is 2.37. The molecule has 0 saturated heterocycles. The van der Waals surface area contributed by atoms with Crippen LogP contribution in [-0.2, 0) is 24.3 Å². The molecule has 30 heavy (non-hydrogen) atoms. The van der Waals surface area contributed by atoms with E-state index in [2.05, 4.69) is 5.10 Å². The summed E-state index contributed by atoms with van der Waals surface area (Å²) in [5.74, 6) is -0.257. The van der Waals surface area contributed by atoms with Gasteiger partial charge in [-0.1, -0.05) is 18.2 Å². The number of thiophene rings is 1. The second-order valence-corrected chi connectivity index (χ2v) is 8.05. The molecule has 0 radical (unpaired) electrons. The second-order valence-electron chi connectivity index (χ2n) is 7.31. The van der Waals surface area contributed by atoms with Gasteiger partial charge in [0.15, 0.2) is 0 Å². The third kappa shape index (κ3) is 3.61. The standard InChI is InChI=1S/C21H22FN5O2S/c1-25-19-5-3-2-4-15(19)6-17(20(25)28)18-12-30-11-16(18)10-26-13-24-27(21(26)29)9-14(7-22)8-23/h2-5,7,11-13,17H,6,8-10,23H2,1H3/b14-7+. The van der Waals surface area contributed by atoms with Crippen LogP contribution in [0.15, 0.2) is 58.1 Å². The fraction of sp³-hybridized carbons (Fsp3) is 0.286. The summed E-state index contributed by atoms with van der Waals surface area (Å²) < 4.78 is 15.4. The first-order valence-corrected chi connectivity index (χ1v) is 10.5. The van der Waals surface area contributed by atoms with Gasteiger partial charge in [-0.2, -0.15) is 16.4 Å². The van der Waals surface area contributed by atoms with Crippen LogP contribution in [-0.4, -0.2) is 33.8 Å². The number of benzene rings is 1. The van der Waals surface area contributed by atoms with E-state index in [0.29, 0.717) is 19.3 Å². The van der Waals surface area contributed by atoms with Crippen LogP contribution in [0.3, 0.4) is 0 Å². The number of amides is 1. The minimum Gasteiger partial charge on any atom is -0.327 e. The molecule has 1 unspecified atom stereocenters. The van der Waals surface area contributed by atoms with E-state index in [9.17, 15) is 14.0 Å². The van der Waals surface area contributed by atoms with E-state index in [1.165, 1.54) is 26.9 Å². The lowest BCUT2D eigenvalue weighted by atomic mass is 9.86. The Kier molecular flexibility index (Phi) is 5.65. The van der Waals surface area contributed by atoms with Gasteiger partial charge < -0.3 is 10.6 Å². The second kappa shape index (κ2) is 8.37. The average Bonchev–Trinajstić information content (AvgIpc) is 3.36. The molecule has 7 nitrogen and oxygen atoms in total. The molecule has 1 atom stereocenters. The molecule has 0 aliphatic carbocycles. The molecular weight excluding hydrogens is 405 g/mol. The van der Waals surface area contributed by atoms with Crippen molar-refractivity contribution >= 4 is 22.9 Å². The summed E-state index contributed by atoms with van der Waals surface area (Å²) in [6.07, 6.45) is 2.46. The van der Waals surface area contributed by atoms with E-state index in [-0.39, 0.29) is 36.2 Å². The van der Waals surface area contributed by atoms with Crippen LogP contribution in [0.4, 0.5) is 10.1 Å². The van der Waals surface area contributed by atoms with Gasteiger partial charge in [-0.25, -0.2) is 13.9 Å². The van der Waals surface area contributed by atoms with Crippen LogP contribution in [0.2, 0.25) is 0 Å². The molecule has 0 spiro atoms. The number of hydrogen-bond acceptors (Lipinski definition) is 5. The van der Waals surface area contributed by atoms with Crippen molar-refractivity contribution < 1.29 is 9.18 Å². The van der Waals surface area contributed by atoms with E-state index in [0.717, 1.165) is 22.4 Å². The first-order chi connectivity index (χ1) is 14.5. The molecular formula is C21H22FN5O2S. The number of likely N-dealkylation sites (N-methyl/N-ethyl adjacent to an activating group) is 1. The van der Waals surface area contributed by atoms with Crippen molar-refractivity contribution in [2.45, 2.75) is 25.4 Å². The van der Waals surface area contributed by atoms with Crippen LogP contribution < -0.4 is 16.3 Å². The predicted molar refractivity (Wildman–Crippen MR) is 114 cm³/mol. The number of carbonyl (C=O) groups is 1. The number of nitrogens with zero attached hydrogens (tertiary/aromatic N) is 4. The molecule has 4 rings (SSSR count). The van der Waals surface area contributed by atoms with Gasteiger partial charge in [-0.05, 0) is 45.5 Å². The maximum Gasteiger partial charge on any atom is 0.346 e. The van der Waals surface area contributed by atoms with E-state index in [1.54, 1.807) is 11.9 Å². The molecule has 0 bridgehead atoms. The molecule has 2 aromatic heterocycles. The third-order valence-electron chi connectivity index (χ3n) is 5.46. The Hall–Kier alpha value is -3.04. The van der Waals surface area contributed by atoms with Crippen LogP contribution in [0.25, 0.3) is 0 Å². The molecule has 1 aliphatic rings. The van der Waals surface area contributed by atoms with Gasteiger partial charge in [-0.3, -0.25) is 9.36 Å². The maximum atomic E-state index is 13.0. The Bertz CT molecular complexity index is 1160. The zero-order valence-electron chi connectivity index (χ0n) is 16.5. The van der Waals surface area contributed by atoms with E-state index < -0.39 is 0 Å². The number of nitrogens with two attached hydrogens (primary N) is 1. The fourth-order valence-electron chi connectivity index (χ4n) is 3.79. The topological polar surface area (TPSA) is 86.2 Å². The molecule has 1 aliphatic heterocycles. The zero-order chi connectivity index (χ0) is 21.3. The van der Waals surface area contributed by atoms with Gasteiger partial charge >= 0.3 is 5.69 Å². The molecule has 3 heterocycles. The van der Waals surface area contributed by atoms with Crippen molar-refractivity contribution in [2.75, 3.05) is 18.5 Å². The summed E-state index contributed by atoms with van der Waals surface area (Å²) in [6, 6.07) is 7.90. The number of para-hydroxylation sites is 1. The Morgan fingerprint density at radius 1 is 1.33 bits per heavy atom. The van der Waals surface area contributed by atoms with Crippen molar-refractivity contribution in [3.8, 4) is 0 Å². The quantitative estimate of drug-likeness (QED) is 0.654. The summed E-state index contributed by atoms with van der Waals surface area (Å²) in [6.45, 7) is 0.325. The van der Waals surface area contributed by atoms with Gasteiger partial charge in [0.1, 0.15) is 6.33 Å². The van der Waals surface area contributed by atoms with Crippen LogP contribution >= 0.6 is 11.3 Å². The molecule has 9 heteroatoms. The normalized spacial score (nSPS) is 16.8. The largest absolute Gasteiger partial charge is 0.346 e. The molecule has 2 N–H and O–H groups in total. The highest BCUT2D eigenvalue weighted by Gasteiger charge is 2.33. The summed E-state index contributed by atoms with van der Waals surface area (Å²) in [5, 5.41) is 8.00. The highest BCUT2D eigenvalue weighted by atomic mass is 32.1. The molecule has 156 valence electrons. The Morgan fingerprint density at radius 3 is 2.90 bits per heavy atom. The van der Waals surface area contributed by atoms with Gasteiger partial charge in [0.2, 0.25) is 5.91 Å². The highest BCUT2D eigenvalue weighted by molar-refractivity contribution is 7.08. The van der Waals surface area contributed by atoms with E-state index in [1.807, 2.05) is 35.0 Å². The Morgan fingerprint density at radius 2 is 2.13 bits per heavy atom. The van der Waals surface area contributed by atoms with Crippen molar-refractivity contribution in [1.82, 2.24) is 14.3 Å². The van der Waals surface area contributed by atoms with Crippen molar-refractivity contribution in [3.05, 3.63) is 80.4 Å². The van der Waals surface area contributed by atoms with Crippen LogP contribution in [0.1, 0.15) is 22.6 Å². The molecule has 0 saturated carbocycles. The van der Waals surface area contributed by atoms with Gasteiger partial charge in [0.05, 0.1) is 25.3 Å². The van der Waals surface area contributed by atoms with E-state index in [4.69, 9.17) is 5.73 Å². The number of hydrogen-bond donors (Lipinski definition) is 1. The number of rotatable bonds is 6. The minimum atomic E-state index is -0.350. The number of fused-ring (bicyclic) bond motifs is 1. The zero-order valence-corrected chi connectivity index (χ0v) is 17.3. The van der Waals surface area contributed by atoms with Crippen molar-refractivity contribution in [3.63, 3.8) is 0 Å². The fourth-order valence-corrected chi connectivity index (χ4v) is 4.69. The Labute approximate surface area is 176 Å². The first kappa shape index (κ1) is 20.2. The first-order valence-electron chi connectivity index (χ1n) is 9.54. The minimum absolute atomic E-state index is 0.0119. The molecule has 3 aromatic rings. The number of carbonyl (C=O) groups excluding carboxylic acids is 1. The van der Waals surface area contributed by atoms with Crippen LogP contribution in [0, 0.1) is 0 Å². The lowest BCUT2D eigenvalue weighted by Crippen LogP contribution is -2.37. The lowest BCUT2D eigenvalue weighted by molar-refractivity contribution is -0.120. The molecule has 1 aromatic carbocycles. The SMILES string of the molecule is CN1C(=O)C(c2cscc2Cn2cnn(C/C(=C/F)CN)c2=O)Cc2ccccc21. The third-order valence-corrected chi connectivity index (χ3v) is 6.27. The Balaban J connectivity index is 1.60. The van der Waals surface area contributed by atoms with Gasteiger partial charge in [-0.15, -0.1) is 0 Å². The van der Waals surface area contributed by atoms with Crippen molar-refractivity contribution in [2.24, 2.45) is 5.73 Å².